The molecular weight excluding hydrogens is 192 g/mol. The number of aryl methyl sites for hydroxylation is 2. The predicted octanol–water partition coefficient (Wildman–Crippen LogP) is 2.44. The van der Waals surface area contributed by atoms with Crippen LogP contribution >= 0.6 is 0 Å². The zero-order valence-corrected chi connectivity index (χ0v) is 9.33. The Morgan fingerprint density at radius 1 is 1.40 bits per heavy atom. The van der Waals surface area contributed by atoms with Crippen LogP contribution in [0.1, 0.15) is 35.3 Å². The summed E-state index contributed by atoms with van der Waals surface area (Å²) >= 11 is 0. The standard InChI is InChI=1S/C12H16O3/c1-4-9-6-8(3)10(7-11(9)13)12(14)15-5-2/h6-7,13H,4-5H2,1-3H3. The first-order chi connectivity index (χ1) is 7.10. The van der Waals surface area contributed by atoms with Crippen LogP contribution in [0.3, 0.4) is 0 Å². The number of phenols is 1. The minimum absolute atomic E-state index is 0.158. The molecule has 1 aromatic rings. The molecule has 3 heteroatoms. The third-order valence-corrected chi connectivity index (χ3v) is 2.30. The summed E-state index contributed by atoms with van der Waals surface area (Å²) in [4.78, 5) is 11.5. The molecule has 0 bridgehead atoms. The number of phenolic OH excluding ortho intramolecular Hbond substituents is 1. The molecule has 0 fully saturated rings. The maximum atomic E-state index is 11.5. The Balaban J connectivity index is 3.10. The van der Waals surface area contributed by atoms with Gasteiger partial charge in [0.25, 0.3) is 0 Å². The number of rotatable bonds is 3. The smallest absolute Gasteiger partial charge is 0.338 e. The normalized spacial score (nSPS) is 10.1. The number of aromatic hydroxyl groups is 1. The molecule has 1 rings (SSSR count). The van der Waals surface area contributed by atoms with Crippen molar-refractivity contribution in [3.8, 4) is 5.75 Å². The third-order valence-electron chi connectivity index (χ3n) is 2.30. The molecule has 0 aromatic heterocycles. The van der Waals surface area contributed by atoms with Crippen LogP contribution in [-0.2, 0) is 11.2 Å². The van der Waals surface area contributed by atoms with Gasteiger partial charge in [-0.25, -0.2) is 4.79 Å². The maximum Gasteiger partial charge on any atom is 0.338 e. The zero-order valence-electron chi connectivity index (χ0n) is 9.33. The van der Waals surface area contributed by atoms with Gasteiger partial charge < -0.3 is 9.84 Å². The Hall–Kier alpha value is -1.51. The summed E-state index contributed by atoms with van der Waals surface area (Å²) in [5, 5.41) is 9.63. The van der Waals surface area contributed by atoms with Crippen molar-refractivity contribution < 1.29 is 14.6 Å². The van der Waals surface area contributed by atoms with E-state index in [1.807, 2.05) is 19.9 Å². The van der Waals surface area contributed by atoms with Crippen molar-refractivity contribution in [2.24, 2.45) is 0 Å². The number of esters is 1. The Morgan fingerprint density at radius 2 is 2.07 bits per heavy atom. The molecule has 1 aromatic carbocycles. The van der Waals surface area contributed by atoms with Gasteiger partial charge in [0.1, 0.15) is 5.75 Å². The van der Waals surface area contributed by atoms with Gasteiger partial charge in [0.2, 0.25) is 0 Å². The first kappa shape index (κ1) is 11.6. The van der Waals surface area contributed by atoms with Gasteiger partial charge in [0.05, 0.1) is 12.2 Å². The molecule has 0 spiro atoms. The number of carbonyl (C=O) groups excluding carboxylic acids is 1. The highest BCUT2D eigenvalue weighted by Crippen LogP contribution is 2.23. The average Bonchev–Trinajstić information content (AvgIpc) is 2.21. The highest BCUT2D eigenvalue weighted by Gasteiger charge is 2.12. The second-order valence-corrected chi connectivity index (χ2v) is 3.37. The summed E-state index contributed by atoms with van der Waals surface area (Å²) in [6.07, 6.45) is 0.746. The molecule has 1 N–H and O–H groups in total. The van der Waals surface area contributed by atoms with E-state index in [1.54, 1.807) is 6.92 Å². The Labute approximate surface area is 89.7 Å². The van der Waals surface area contributed by atoms with Crippen LogP contribution in [0.4, 0.5) is 0 Å². The van der Waals surface area contributed by atoms with Gasteiger partial charge in [-0.05, 0) is 37.5 Å². The summed E-state index contributed by atoms with van der Waals surface area (Å²) in [5.41, 5.74) is 2.12. The topological polar surface area (TPSA) is 46.5 Å². The summed E-state index contributed by atoms with van der Waals surface area (Å²) in [6.45, 7) is 5.89. The van der Waals surface area contributed by atoms with Gasteiger partial charge in [-0.15, -0.1) is 0 Å². The number of ether oxygens (including phenoxy) is 1. The molecule has 0 unspecified atom stereocenters. The van der Waals surface area contributed by atoms with Crippen LogP contribution in [0, 0.1) is 6.92 Å². The van der Waals surface area contributed by atoms with Crippen molar-refractivity contribution in [2.75, 3.05) is 6.61 Å². The first-order valence-electron chi connectivity index (χ1n) is 5.09. The second-order valence-electron chi connectivity index (χ2n) is 3.37. The largest absolute Gasteiger partial charge is 0.508 e. The van der Waals surface area contributed by atoms with Crippen LogP contribution in [-0.4, -0.2) is 17.7 Å². The quantitative estimate of drug-likeness (QED) is 0.776. The van der Waals surface area contributed by atoms with E-state index >= 15 is 0 Å². The van der Waals surface area contributed by atoms with Crippen molar-refractivity contribution in [1.82, 2.24) is 0 Å². The van der Waals surface area contributed by atoms with Crippen molar-refractivity contribution in [3.63, 3.8) is 0 Å². The average molecular weight is 208 g/mol. The SMILES string of the molecule is CCOC(=O)c1cc(O)c(CC)cc1C. The van der Waals surface area contributed by atoms with Gasteiger partial charge in [-0.1, -0.05) is 13.0 Å². The van der Waals surface area contributed by atoms with E-state index in [0.29, 0.717) is 12.2 Å². The van der Waals surface area contributed by atoms with Gasteiger partial charge in [0, 0.05) is 0 Å². The molecule has 3 nitrogen and oxygen atoms in total. The van der Waals surface area contributed by atoms with Gasteiger partial charge in [-0.2, -0.15) is 0 Å². The lowest BCUT2D eigenvalue weighted by atomic mass is 10.0. The molecule has 0 amide bonds. The van der Waals surface area contributed by atoms with E-state index in [0.717, 1.165) is 17.5 Å². The Bertz CT molecular complexity index is 369. The minimum atomic E-state index is -0.382. The van der Waals surface area contributed by atoms with Crippen molar-refractivity contribution >= 4 is 5.97 Å². The number of hydrogen-bond acceptors (Lipinski definition) is 3. The summed E-state index contributed by atoms with van der Waals surface area (Å²) in [5.74, 6) is -0.223. The molecule has 0 heterocycles. The highest BCUT2D eigenvalue weighted by atomic mass is 16.5. The van der Waals surface area contributed by atoms with Crippen LogP contribution in [0.5, 0.6) is 5.75 Å². The lowest BCUT2D eigenvalue weighted by Crippen LogP contribution is -2.07. The molecule has 0 aliphatic carbocycles. The number of benzene rings is 1. The maximum absolute atomic E-state index is 11.5. The summed E-state index contributed by atoms with van der Waals surface area (Å²) in [6, 6.07) is 3.30. The van der Waals surface area contributed by atoms with E-state index in [2.05, 4.69) is 0 Å². The van der Waals surface area contributed by atoms with E-state index in [1.165, 1.54) is 6.07 Å². The van der Waals surface area contributed by atoms with Crippen molar-refractivity contribution in [3.05, 3.63) is 28.8 Å². The van der Waals surface area contributed by atoms with Gasteiger partial charge in [-0.3, -0.25) is 0 Å². The lowest BCUT2D eigenvalue weighted by molar-refractivity contribution is 0.0525. The third kappa shape index (κ3) is 2.49. The van der Waals surface area contributed by atoms with Crippen LogP contribution in [0.15, 0.2) is 12.1 Å². The zero-order chi connectivity index (χ0) is 11.4. The Kier molecular flexibility index (Phi) is 3.72. The molecule has 0 aliphatic rings. The molecule has 82 valence electrons. The molecule has 0 aliphatic heterocycles. The highest BCUT2D eigenvalue weighted by molar-refractivity contribution is 5.91. The van der Waals surface area contributed by atoms with Crippen LogP contribution in [0.2, 0.25) is 0 Å². The van der Waals surface area contributed by atoms with Gasteiger partial charge in [0.15, 0.2) is 0 Å². The first-order valence-corrected chi connectivity index (χ1v) is 5.09. The monoisotopic (exact) mass is 208 g/mol. The lowest BCUT2D eigenvalue weighted by Gasteiger charge is -2.09. The minimum Gasteiger partial charge on any atom is -0.508 e. The van der Waals surface area contributed by atoms with E-state index in [-0.39, 0.29) is 11.7 Å². The van der Waals surface area contributed by atoms with E-state index in [9.17, 15) is 9.90 Å². The summed E-state index contributed by atoms with van der Waals surface area (Å²) in [7, 11) is 0. The number of carbonyl (C=O) groups is 1. The van der Waals surface area contributed by atoms with E-state index in [4.69, 9.17) is 4.74 Å². The van der Waals surface area contributed by atoms with Crippen molar-refractivity contribution in [2.45, 2.75) is 27.2 Å². The van der Waals surface area contributed by atoms with Crippen LogP contribution in [0.25, 0.3) is 0 Å². The molecule has 0 saturated heterocycles. The molecule has 0 atom stereocenters. The van der Waals surface area contributed by atoms with E-state index < -0.39 is 0 Å². The summed E-state index contributed by atoms with van der Waals surface area (Å²) < 4.78 is 4.89. The fraction of sp³-hybridized carbons (Fsp3) is 0.417. The number of hydrogen-bond donors (Lipinski definition) is 1. The Morgan fingerprint density at radius 3 is 2.60 bits per heavy atom. The fourth-order valence-corrected chi connectivity index (χ4v) is 1.47. The van der Waals surface area contributed by atoms with Crippen molar-refractivity contribution in [1.29, 1.82) is 0 Å². The molecular formula is C12H16O3. The van der Waals surface area contributed by atoms with Gasteiger partial charge >= 0.3 is 5.97 Å². The molecule has 15 heavy (non-hydrogen) atoms. The fourth-order valence-electron chi connectivity index (χ4n) is 1.47. The molecule has 0 radical (unpaired) electrons. The second kappa shape index (κ2) is 4.82. The predicted molar refractivity (Wildman–Crippen MR) is 58.2 cm³/mol. The molecule has 0 saturated carbocycles. The van der Waals surface area contributed by atoms with Crippen LogP contribution < -0.4 is 0 Å².